The van der Waals surface area contributed by atoms with E-state index in [0.717, 1.165) is 64.4 Å². The standard InChI is InChI=1S/C27H22ClN3O/c1-2-15-5-3-6-19-18-11-10-17(14-24(18)31-26(15)19)29-27(32)25-20-7-4-8-22(20)30-23-12-9-16(28)13-21(23)25/h3,5-6,9-14,31H,2,4,7-8H2,1H3,(H,29,32). The fourth-order valence-corrected chi connectivity index (χ4v) is 5.22. The molecule has 0 fully saturated rings. The van der Waals surface area contributed by atoms with Gasteiger partial charge >= 0.3 is 0 Å². The molecule has 2 heterocycles. The van der Waals surface area contributed by atoms with E-state index < -0.39 is 0 Å². The van der Waals surface area contributed by atoms with Gasteiger partial charge < -0.3 is 10.3 Å². The number of aryl methyl sites for hydroxylation is 2. The van der Waals surface area contributed by atoms with Crippen LogP contribution in [0.1, 0.15) is 40.5 Å². The highest BCUT2D eigenvalue weighted by Crippen LogP contribution is 2.33. The van der Waals surface area contributed by atoms with Gasteiger partial charge in [-0.3, -0.25) is 9.78 Å². The van der Waals surface area contributed by atoms with Gasteiger partial charge in [0.15, 0.2) is 0 Å². The molecule has 0 saturated heterocycles. The molecule has 0 aliphatic heterocycles. The van der Waals surface area contributed by atoms with Crippen molar-refractivity contribution in [2.24, 2.45) is 0 Å². The molecule has 1 amide bonds. The number of hydrogen-bond donors (Lipinski definition) is 2. The van der Waals surface area contributed by atoms with Gasteiger partial charge in [0.1, 0.15) is 0 Å². The number of H-pyrrole nitrogens is 1. The van der Waals surface area contributed by atoms with Crippen molar-refractivity contribution in [3.63, 3.8) is 0 Å². The lowest BCUT2D eigenvalue weighted by Crippen LogP contribution is -2.15. The Morgan fingerprint density at radius 3 is 2.84 bits per heavy atom. The number of benzene rings is 3. The molecular formula is C27H22ClN3O. The second-order valence-corrected chi connectivity index (χ2v) is 8.90. The summed E-state index contributed by atoms with van der Waals surface area (Å²) >= 11 is 6.27. The molecule has 2 N–H and O–H groups in total. The number of fused-ring (bicyclic) bond motifs is 5. The van der Waals surface area contributed by atoms with Crippen LogP contribution in [0.4, 0.5) is 5.69 Å². The minimum atomic E-state index is -0.109. The van der Waals surface area contributed by atoms with Crippen LogP contribution in [-0.2, 0) is 19.3 Å². The predicted molar refractivity (Wildman–Crippen MR) is 132 cm³/mol. The normalized spacial score (nSPS) is 13.2. The van der Waals surface area contributed by atoms with Crippen LogP contribution in [0.25, 0.3) is 32.7 Å². The Hall–Kier alpha value is -3.37. The van der Waals surface area contributed by atoms with Gasteiger partial charge in [0.05, 0.1) is 11.1 Å². The molecule has 1 aliphatic rings. The zero-order valence-corrected chi connectivity index (χ0v) is 18.5. The molecule has 5 aromatic rings. The number of amides is 1. The van der Waals surface area contributed by atoms with E-state index in [2.05, 4.69) is 41.5 Å². The second kappa shape index (κ2) is 7.35. The van der Waals surface area contributed by atoms with E-state index in [-0.39, 0.29) is 5.91 Å². The summed E-state index contributed by atoms with van der Waals surface area (Å²) in [5, 5.41) is 6.93. The first-order valence-corrected chi connectivity index (χ1v) is 11.5. The molecule has 0 radical (unpaired) electrons. The average molecular weight is 440 g/mol. The Labute approximate surface area is 190 Å². The van der Waals surface area contributed by atoms with Crippen LogP contribution in [0, 0.1) is 0 Å². The van der Waals surface area contributed by atoms with E-state index >= 15 is 0 Å². The topological polar surface area (TPSA) is 57.8 Å². The first-order chi connectivity index (χ1) is 15.6. The fraction of sp³-hybridized carbons (Fsp3) is 0.185. The summed E-state index contributed by atoms with van der Waals surface area (Å²) in [6.45, 7) is 2.16. The number of anilines is 1. The molecule has 0 bridgehead atoms. The summed E-state index contributed by atoms with van der Waals surface area (Å²) < 4.78 is 0. The number of halogens is 1. The summed E-state index contributed by atoms with van der Waals surface area (Å²) in [5.41, 5.74) is 7.85. The summed E-state index contributed by atoms with van der Waals surface area (Å²) in [4.78, 5) is 21.9. The Kier molecular flexibility index (Phi) is 4.44. The van der Waals surface area contributed by atoms with E-state index in [0.29, 0.717) is 10.6 Å². The highest BCUT2D eigenvalue weighted by atomic mass is 35.5. The highest BCUT2D eigenvalue weighted by Gasteiger charge is 2.24. The Bertz CT molecular complexity index is 1550. The SMILES string of the molecule is CCc1cccc2c1[nH]c1cc(NC(=O)c3c4c(nc5ccc(Cl)cc35)CCC4)ccc12. The van der Waals surface area contributed by atoms with Crippen molar-refractivity contribution in [3.05, 3.63) is 82.0 Å². The lowest BCUT2D eigenvalue weighted by molar-refractivity contribution is 0.102. The van der Waals surface area contributed by atoms with Gasteiger partial charge in [-0.1, -0.05) is 42.8 Å². The van der Waals surface area contributed by atoms with Crippen LogP contribution in [-0.4, -0.2) is 15.9 Å². The molecule has 3 aromatic carbocycles. The molecule has 32 heavy (non-hydrogen) atoms. The van der Waals surface area contributed by atoms with Gasteiger partial charge in [-0.05, 0) is 67.1 Å². The summed E-state index contributed by atoms with van der Waals surface area (Å²) in [7, 11) is 0. The van der Waals surface area contributed by atoms with Gasteiger partial charge in [-0.25, -0.2) is 0 Å². The molecule has 0 spiro atoms. The molecule has 6 rings (SSSR count). The minimum Gasteiger partial charge on any atom is -0.354 e. The van der Waals surface area contributed by atoms with Crippen molar-refractivity contribution >= 4 is 55.9 Å². The number of pyridine rings is 1. The van der Waals surface area contributed by atoms with Crippen molar-refractivity contribution in [1.29, 1.82) is 0 Å². The van der Waals surface area contributed by atoms with E-state index in [9.17, 15) is 4.79 Å². The van der Waals surface area contributed by atoms with Crippen LogP contribution in [0.3, 0.4) is 0 Å². The number of nitrogens with one attached hydrogen (secondary N) is 2. The second-order valence-electron chi connectivity index (χ2n) is 8.46. The van der Waals surface area contributed by atoms with Crippen molar-refractivity contribution in [2.45, 2.75) is 32.6 Å². The van der Waals surface area contributed by atoms with Crippen LogP contribution in [0.5, 0.6) is 0 Å². The largest absolute Gasteiger partial charge is 0.354 e. The number of carbonyl (C=O) groups excluding carboxylic acids is 1. The van der Waals surface area contributed by atoms with Crippen molar-refractivity contribution in [2.75, 3.05) is 5.32 Å². The maximum Gasteiger partial charge on any atom is 0.256 e. The summed E-state index contributed by atoms with van der Waals surface area (Å²) in [6.07, 6.45) is 3.77. The summed E-state index contributed by atoms with van der Waals surface area (Å²) in [5.74, 6) is -0.109. The predicted octanol–water partition coefficient (Wildman–Crippen LogP) is 6.83. The number of carbonyl (C=O) groups is 1. The molecule has 158 valence electrons. The van der Waals surface area contributed by atoms with Gasteiger partial charge in [-0.2, -0.15) is 0 Å². The number of aromatic nitrogens is 2. The Morgan fingerprint density at radius 2 is 1.97 bits per heavy atom. The third-order valence-electron chi connectivity index (χ3n) is 6.56. The molecule has 1 aliphatic carbocycles. The zero-order valence-electron chi connectivity index (χ0n) is 17.8. The average Bonchev–Trinajstić information content (AvgIpc) is 3.40. The van der Waals surface area contributed by atoms with Crippen molar-refractivity contribution in [1.82, 2.24) is 9.97 Å². The summed E-state index contributed by atoms with van der Waals surface area (Å²) in [6, 6.07) is 18.0. The molecule has 5 heteroatoms. The van der Waals surface area contributed by atoms with E-state index in [1.54, 1.807) is 0 Å². The molecule has 4 nitrogen and oxygen atoms in total. The van der Waals surface area contributed by atoms with E-state index in [1.807, 2.05) is 30.3 Å². The Balaban J connectivity index is 1.44. The first-order valence-electron chi connectivity index (χ1n) is 11.1. The number of rotatable bonds is 3. The number of para-hydroxylation sites is 1. The van der Waals surface area contributed by atoms with Crippen molar-refractivity contribution < 1.29 is 4.79 Å². The third kappa shape index (κ3) is 2.98. The Morgan fingerprint density at radius 1 is 1.06 bits per heavy atom. The lowest BCUT2D eigenvalue weighted by Gasteiger charge is -2.13. The van der Waals surface area contributed by atoms with Gasteiger partial charge in [-0.15, -0.1) is 0 Å². The van der Waals surface area contributed by atoms with Gasteiger partial charge in [0.2, 0.25) is 0 Å². The molecule has 2 aromatic heterocycles. The highest BCUT2D eigenvalue weighted by molar-refractivity contribution is 6.31. The van der Waals surface area contributed by atoms with Crippen molar-refractivity contribution in [3.8, 4) is 0 Å². The molecule has 0 unspecified atom stereocenters. The monoisotopic (exact) mass is 439 g/mol. The van der Waals surface area contributed by atoms with E-state index in [4.69, 9.17) is 16.6 Å². The molecule has 0 atom stereocenters. The zero-order chi connectivity index (χ0) is 21.8. The van der Waals surface area contributed by atoms with Crippen LogP contribution >= 0.6 is 11.6 Å². The third-order valence-corrected chi connectivity index (χ3v) is 6.79. The minimum absolute atomic E-state index is 0.109. The number of hydrogen-bond acceptors (Lipinski definition) is 2. The van der Waals surface area contributed by atoms with Gasteiger partial charge in [0.25, 0.3) is 5.91 Å². The lowest BCUT2D eigenvalue weighted by atomic mass is 10.0. The fourth-order valence-electron chi connectivity index (χ4n) is 5.05. The maximum absolute atomic E-state index is 13.5. The quantitative estimate of drug-likeness (QED) is 0.324. The number of aromatic amines is 1. The van der Waals surface area contributed by atoms with E-state index in [1.165, 1.54) is 16.5 Å². The molecular weight excluding hydrogens is 418 g/mol. The van der Waals surface area contributed by atoms with Crippen LogP contribution in [0.2, 0.25) is 5.02 Å². The number of nitrogens with zero attached hydrogens (tertiary/aromatic N) is 1. The first kappa shape index (κ1) is 19.3. The smallest absolute Gasteiger partial charge is 0.256 e. The molecule has 0 saturated carbocycles. The van der Waals surface area contributed by atoms with Gasteiger partial charge in [0, 0.05) is 43.6 Å². The van der Waals surface area contributed by atoms with Crippen LogP contribution < -0.4 is 5.32 Å². The maximum atomic E-state index is 13.5. The van der Waals surface area contributed by atoms with Crippen LogP contribution in [0.15, 0.2) is 54.6 Å².